The Hall–Kier alpha value is -3.22. The summed E-state index contributed by atoms with van der Waals surface area (Å²) < 4.78 is 36.7. The molecule has 0 aliphatic rings. The number of hydrogen-bond donors (Lipinski definition) is 0. The lowest BCUT2D eigenvalue weighted by molar-refractivity contribution is 0.292. The van der Waals surface area contributed by atoms with E-state index in [0.29, 0.717) is 27.7 Å². The summed E-state index contributed by atoms with van der Waals surface area (Å²) in [4.78, 5) is 13.3. The highest BCUT2D eigenvalue weighted by atomic mass is 35.5. The molecule has 0 unspecified atom stereocenters. The standard InChI is InChI=1S/C24H17Cl2FO5/c1-29-20-8-6-13(10-21(20)30-2)23-24(31-12-16-17(26)4-3-5-18(16)27)22(28)15-11-14(25)7-9-19(15)32-23/h3-11H,12H2,1-2H3. The van der Waals surface area contributed by atoms with Crippen molar-refractivity contribution in [3.8, 4) is 28.6 Å². The highest BCUT2D eigenvalue weighted by Crippen LogP contribution is 2.37. The Morgan fingerprint density at radius 3 is 2.47 bits per heavy atom. The Labute approximate surface area is 192 Å². The number of methoxy groups -OCH3 is 2. The van der Waals surface area contributed by atoms with Crippen LogP contribution in [0.4, 0.5) is 4.39 Å². The van der Waals surface area contributed by atoms with Crippen LogP contribution in [0.2, 0.25) is 10.0 Å². The summed E-state index contributed by atoms with van der Waals surface area (Å²) in [5.74, 6) is 0.446. The first-order valence-electron chi connectivity index (χ1n) is 9.47. The fourth-order valence-corrected chi connectivity index (χ4v) is 3.65. The molecule has 0 aliphatic heterocycles. The van der Waals surface area contributed by atoms with Crippen LogP contribution >= 0.6 is 23.2 Å². The zero-order chi connectivity index (χ0) is 22.8. The Kier molecular flexibility index (Phi) is 6.26. The molecule has 5 nitrogen and oxygen atoms in total. The van der Waals surface area contributed by atoms with Crippen LogP contribution in [-0.4, -0.2) is 14.2 Å². The van der Waals surface area contributed by atoms with E-state index >= 15 is 0 Å². The molecule has 0 fully saturated rings. The van der Waals surface area contributed by atoms with Gasteiger partial charge in [-0.25, -0.2) is 4.39 Å². The monoisotopic (exact) mass is 474 g/mol. The van der Waals surface area contributed by atoms with E-state index in [1.807, 2.05) is 0 Å². The van der Waals surface area contributed by atoms with E-state index in [9.17, 15) is 9.18 Å². The zero-order valence-corrected chi connectivity index (χ0v) is 18.6. The summed E-state index contributed by atoms with van der Waals surface area (Å²) in [5, 5.41) is 0.786. The molecule has 0 N–H and O–H groups in total. The second kappa shape index (κ2) is 9.10. The van der Waals surface area contributed by atoms with Crippen molar-refractivity contribution in [3.63, 3.8) is 0 Å². The summed E-state index contributed by atoms with van der Waals surface area (Å²) in [6.07, 6.45) is 0. The highest BCUT2D eigenvalue weighted by molar-refractivity contribution is 6.31. The van der Waals surface area contributed by atoms with Gasteiger partial charge in [-0.3, -0.25) is 4.79 Å². The molecule has 0 aliphatic carbocycles. The van der Waals surface area contributed by atoms with Gasteiger partial charge in [-0.05, 0) is 48.5 Å². The molecular formula is C24H17Cl2FO5. The van der Waals surface area contributed by atoms with Gasteiger partial charge in [0, 0.05) is 16.1 Å². The number of hydrogen-bond acceptors (Lipinski definition) is 5. The molecule has 0 spiro atoms. The lowest BCUT2D eigenvalue weighted by Gasteiger charge is -2.14. The topological polar surface area (TPSA) is 57.9 Å². The SMILES string of the molecule is COc1ccc(-c2oc3ccc(Cl)cc3c(=O)c2OCc2c(F)cccc2Cl)cc1OC. The van der Waals surface area contributed by atoms with Crippen LogP contribution in [-0.2, 0) is 6.61 Å². The third-order valence-electron chi connectivity index (χ3n) is 4.88. The predicted octanol–water partition coefficient (Wildman–Crippen LogP) is 6.50. The van der Waals surface area contributed by atoms with Crippen LogP contribution in [0.1, 0.15) is 5.56 Å². The molecule has 0 saturated heterocycles. The first-order valence-corrected chi connectivity index (χ1v) is 10.2. The van der Waals surface area contributed by atoms with Gasteiger partial charge in [-0.2, -0.15) is 0 Å². The minimum Gasteiger partial charge on any atom is -0.493 e. The molecule has 32 heavy (non-hydrogen) atoms. The summed E-state index contributed by atoms with van der Waals surface area (Å²) in [6, 6.07) is 14.0. The molecule has 0 amide bonds. The molecule has 0 saturated carbocycles. The first-order chi connectivity index (χ1) is 15.4. The van der Waals surface area contributed by atoms with Crippen LogP contribution in [0.25, 0.3) is 22.3 Å². The third-order valence-corrected chi connectivity index (χ3v) is 5.47. The first kappa shape index (κ1) is 22.0. The summed E-state index contributed by atoms with van der Waals surface area (Å²) in [7, 11) is 3.02. The summed E-state index contributed by atoms with van der Waals surface area (Å²) >= 11 is 12.2. The largest absolute Gasteiger partial charge is 0.493 e. The van der Waals surface area contributed by atoms with Crippen molar-refractivity contribution in [2.45, 2.75) is 6.61 Å². The maximum Gasteiger partial charge on any atom is 0.235 e. The van der Waals surface area contributed by atoms with Crippen molar-refractivity contribution in [2.75, 3.05) is 14.2 Å². The fraction of sp³-hybridized carbons (Fsp3) is 0.125. The average molecular weight is 475 g/mol. The quantitative estimate of drug-likeness (QED) is 0.319. The Bertz CT molecular complexity index is 1350. The number of fused-ring (bicyclic) bond motifs is 1. The van der Waals surface area contributed by atoms with Crippen LogP contribution in [0.5, 0.6) is 17.2 Å². The summed E-state index contributed by atoms with van der Waals surface area (Å²) in [5.41, 5.74) is 0.496. The third kappa shape index (κ3) is 4.11. The van der Waals surface area contributed by atoms with Crippen LogP contribution in [0.3, 0.4) is 0 Å². The smallest absolute Gasteiger partial charge is 0.235 e. The van der Waals surface area contributed by atoms with Crippen molar-refractivity contribution in [3.05, 3.63) is 86.2 Å². The van der Waals surface area contributed by atoms with Crippen molar-refractivity contribution in [1.82, 2.24) is 0 Å². The summed E-state index contributed by atoms with van der Waals surface area (Å²) in [6.45, 7) is -0.275. The molecule has 1 aromatic heterocycles. The van der Waals surface area contributed by atoms with E-state index in [0.717, 1.165) is 0 Å². The molecule has 3 aromatic carbocycles. The van der Waals surface area contributed by atoms with E-state index in [-0.39, 0.29) is 34.1 Å². The van der Waals surface area contributed by atoms with Gasteiger partial charge in [0.25, 0.3) is 0 Å². The fourth-order valence-electron chi connectivity index (χ4n) is 3.26. The van der Waals surface area contributed by atoms with Gasteiger partial charge < -0.3 is 18.6 Å². The predicted molar refractivity (Wildman–Crippen MR) is 122 cm³/mol. The molecular weight excluding hydrogens is 458 g/mol. The normalized spacial score (nSPS) is 10.9. The van der Waals surface area contributed by atoms with Crippen LogP contribution in [0, 0.1) is 5.82 Å². The van der Waals surface area contributed by atoms with Crippen molar-refractivity contribution in [1.29, 1.82) is 0 Å². The Balaban J connectivity index is 1.89. The molecule has 164 valence electrons. The van der Waals surface area contributed by atoms with Crippen molar-refractivity contribution in [2.24, 2.45) is 0 Å². The van der Waals surface area contributed by atoms with E-state index in [1.54, 1.807) is 36.4 Å². The molecule has 0 radical (unpaired) electrons. The van der Waals surface area contributed by atoms with E-state index in [4.69, 9.17) is 41.8 Å². The second-order valence-electron chi connectivity index (χ2n) is 6.79. The molecule has 4 rings (SSSR count). The maximum absolute atomic E-state index is 14.3. The van der Waals surface area contributed by atoms with Gasteiger partial charge in [0.15, 0.2) is 17.3 Å². The zero-order valence-electron chi connectivity index (χ0n) is 17.1. The average Bonchev–Trinajstić information content (AvgIpc) is 2.79. The van der Waals surface area contributed by atoms with Crippen molar-refractivity contribution < 1.29 is 23.0 Å². The lowest BCUT2D eigenvalue weighted by atomic mass is 10.1. The molecule has 8 heteroatoms. The van der Waals surface area contributed by atoms with Crippen molar-refractivity contribution >= 4 is 34.2 Å². The second-order valence-corrected chi connectivity index (χ2v) is 7.63. The number of halogens is 3. The number of ether oxygens (including phenoxy) is 3. The number of rotatable bonds is 6. The van der Waals surface area contributed by atoms with Gasteiger partial charge in [0.1, 0.15) is 18.0 Å². The highest BCUT2D eigenvalue weighted by Gasteiger charge is 2.21. The van der Waals surface area contributed by atoms with E-state index in [1.165, 1.54) is 32.4 Å². The van der Waals surface area contributed by atoms with Gasteiger partial charge in [-0.15, -0.1) is 0 Å². The molecule has 1 heterocycles. The van der Waals surface area contributed by atoms with E-state index in [2.05, 4.69) is 0 Å². The minimum absolute atomic E-state index is 0.105. The lowest BCUT2D eigenvalue weighted by Crippen LogP contribution is -2.11. The van der Waals surface area contributed by atoms with Crippen LogP contribution in [0.15, 0.2) is 63.8 Å². The Morgan fingerprint density at radius 2 is 1.75 bits per heavy atom. The van der Waals surface area contributed by atoms with Gasteiger partial charge >= 0.3 is 0 Å². The maximum atomic E-state index is 14.3. The van der Waals surface area contributed by atoms with Gasteiger partial charge in [0.2, 0.25) is 11.2 Å². The van der Waals surface area contributed by atoms with E-state index < -0.39 is 11.2 Å². The minimum atomic E-state index is -0.543. The molecule has 0 atom stereocenters. The van der Waals surface area contributed by atoms with Gasteiger partial charge in [-0.1, -0.05) is 29.3 Å². The Morgan fingerprint density at radius 1 is 0.969 bits per heavy atom. The van der Waals surface area contributed by atoms with Crippen LogP contribution < -0.4 is 19.6 Å². The molecule has 4 aromatic rings. The molecule has 0 bridgehead atoms. The number of benzene rings is 3. The van der Waals surface area contributed by atoms with Gasteiger partial charge in [0.05, 0.1) is 24.6 Å².